The van der Waals surface area contributed by atoms with E-state index in [1.165, 1.54) is 6.07 Å². The van der Waals surface area contributed by atoms with E-state index in [1.54, 1.807) is 9.80 Å². The monoisotopic (exact) mass is 398 g/mol. The smallest absolute Gasteiger partial charge is 0.256 e. The molecule has 2 saturated heterocycles. The molecule has 1 aromatic carbocycles. The van der Waals surface area contributed by atoms with Crippen molar-refractivity contribution in [3.8, 4) is 0 Å². The maximum Gasteiger partial charge on any atom is 0.256 e. The van der Waals surface area contributed by atoms with Crippen molar-refractivity contribution in [3.05, 3.63) is 29.6 Å². The summed E-state index contributed by atoms with van der Waals surface area (Å²) in [5, 5.41) is 3.02. The van der Waals surface area contributed by atoms with Crippen molar-refractivity contribution in [2.45, 2.75) is 18.9 Å². The van der Waals surface area contributed by atoms with Gasteiger partial charge in [0.2, 0.25) is 15.9 Å². The summed E-state index contributed by atoms with van der Waals surface area (Å²) < 4.78 is 39.1. The number of piperazine rings is 1. The summed E-state index contributed by atoms with van der Waals surface area (Å²) in [6.45, 7) is 2.41. The molecule has 8 nitrogen and oxygen atoms in total. The lowest BCUT2D eigenvalue weighted by atomic mass is 10.0. The molecule has 2 heterocycles. The van der Waals surface area contributed by atoms with Crippen LogP contribution < -0.4 is 10.0 Å². The molecule has 2 amide bonds. The van der Waals surface area contributed by atoms with E-state index in [2.05, 4.69) is 10.0 Å². The molecule has 0 bridgehead atoms. The number of nitrogens with zero attached hydrogens (tertiary/aromatic N) is 2. The number of anilines is 1. The molecular weight excluding hydrogens is 375 g/mol. The average Bonchev–Trinajstić information content (AvgIpc) is 2.62. The Morgan fingerprint density at radius 2 is 2.11 bits per heavy atom. The van der Waals surface area contributed by atoms with Gasteiger partial charge in [-0.1, -0.05) is 0 Å². The lowest BCUT2D eigenvalue weighted by Gasteiger charge is -2.41. The first-order valence-electron chi connectivity index (χ1n) is 8.81. The van der Waals surface area contributed by atoms with E-state index in [0.29, 0.717) is 26.2 Å². The highest BCUT2D eigenvalue weighted by molar-refractivity contribution is 7.92. The summed E-state index contributed by atoms with van der Waals surface area (Å²) in [7, 11) is -3.61. The molecule has 27 heavy (non-hydrogen) atoms. The van der Waals surface area contributed by atoms with Crippen molar-refractivity contribution in [2.24, 2.45) is 0 Å². The molecule has 3 rings (SSSR count). The second-order valence-corrected chi connectivity index (χ2v) is 8.62. The fourth-order valence-electron chi connectivity index (χ4n) is 3.55. The Kier molecular flexibility index (Phi) is 5.66. The van der Waals surface area contributed by atoms with E-state index >= 15 is 0 Å². The van der Waals surface area contributed by atoms with E-state index in [1.807, 2.05) is 0 Å². The Bertz CT molecular complexity index is 845. The first kappa shape index (κ1) is 19.6. The zero-order valence-corrected chi connectivity index (χ0v) is 15.9. The molecule has 10 heteroatoms. The van der Waals surface area contributed by atoms with Gasteiger partial charge < -0.3 is 15.1 Å². The molecule has 1 atom stereocenters. The lowest BCUT2D eigenvalue weighted by Crippen LogP contribution is -2.57. The SMILES string of the molecule is CS(=O)(=O)Nc1ccc(F)cc1C(=O)N1CCCC(N2CCNCC2=O)C1. The van der Waals surface area contributed by atoms with Gasteiger partial charge in [0.25, 0.3) is 5.91 Å². The van der Waals surface area contributed by atoms with Crippen LogP contribution in [0.3, 0.4) is 0 Å². The highest BCUT2D eigenvalue weighted by atomic mass is 32.2. The van der Waals surface area contributed by atoms with Crippen LogP contribution >= 0.6 is 0 Å². The zero-order chi connectivity index (χ0) is 19.6. The highest BCUT2D eigenvalue weighted by Gasteiger charge is 2.32. The minimum Gasteiger partial charge on any atom is -0.337 e. The molecule has 2 aliphatic heterocycles. The van der Waals surface area contributed by atoms with Gasteiger partial charge >= 0.3 is 0 Å². The van der Waals surface area contributed by atoms with Crippen molar-refractivity contribution in [1.82, 2.24) is 15.1 Å². The number of nitrogens with one attached hydrogen (secondary N) is 2. The van der Waals surface area contributed by atoms with E-state index in [0.717, 1.165) is 31.2 Å². The van der Waals surface area contributed by atoms with Gasteiger partial charge in [-0.25, -0.2) is 12.8 Å². The number of likely N-dealkylation sites (tertiary alicyclic amines) is 1. The van der Waals surface area contributed by atoms with Gasteiger partial charge in [-0.3, -0.25) is 14.3 Å². The summed E-state index contributed by atoms with van der Waals surface area (Å²) >= 11 is 0. The summed E-state index contributed by atoms with van der Waals surface area (Å²) in [6, 6.07) is 3.29. The fraction of sp³-hybridized carbons (Fsp3) is 0.529. The minimum atomic E-state index is -3.61. The van der Waals surface area contributed by atoms with Crippen molar-refractivity contribution in [3.63, 3.8) is 0 Å². The Labute approximate surface area is 157 Å². The van der Waals surface area contributed by atoms with E-state index in [-0.39, 0.29) is 29.7 Å². The molecule has 1 aromatic rings. The summed E-state index contributed by atoms with van der Waals surface area (Å²) in [5.41, 5.74) is 0.0111. The third-order valence-electron chi connectivity index (χ3n) is 4.76. The van der Waals surface area contributed by atoms with Crippen molar-refractivity contribution in [1.29, 1.82) is 0 Å². The third-order valence-corrected chi connectivity index (χ3v) is 5.35. The van der Waals surface area contributed by atoms with Gasteiger partial charge in [-0.2, -0.15) is 0 Å². The summed E-state index contributed by atoms with van der Waals surface area (Å²) in [5.74, 6) is -1.07. The number of carbonyl (C=O) groups excluding carboxylic acids is 2. The molecule has 0 aliphatic carbocycles. The van der Waals surface area contributed by atoms with Crippen LogP contribution in [0, 0.1) is 5.82 Å². The van der Waals surface area contributed by atoms with Gasteiger partial charge in [0.05, 0.1) is 24.1 Å². The topological polar surface area (TPSA) is 98.8 Å². The van der Waals surface area contributed by atoms with Crippen molar-refractivity contribution in [2.75, 3.05) is 43.7 Å². The maximum absolute atomic E-state index is 13.7. The van der Waals surface area contributed by atoms with Gasteiger partial charge in [-0.15, -0.1) is 0 Å². The predicted octanol–water partition coefficient (Wildman–Crippen LogP) is 0.234. The second kappa shape index (κ2) is 7.81. The molecule has 0 aromatic heterocycles. The van der Waals surface area contributed by atoms with Crippen LogP contribution in [-0.2, 0) is 14.8 Å². The van der Waals surface area contributed by atoms with Crippen LogP contribution in [0.5, 0.6) is 0 Å². The third kappa shape index (κ3) is 4.75. The van der Waals surface area contributed by atoms with Crippen molar-refractivity contribution < 1.29 is 22.4 Å². The highest BCUT2D eigenvalue weighted by Crippen LogP contribution is 2.24. The van der Waals surface area contributed by atoms with Crippen LogP contribution in [0.1, 0.15) is 23.2 Å². The fourth-order valence-corrected chi connectivity index (χ4v) is 4.13. The van der Waals surface area contributed by atoms with Gasteiger partial charge in [0.1, 0.15) is 5.82 Å². The minimum absolute atomic E-state index is 0.00531. The van der Waals surface area contributed by atoms with Crippen LogP contribution in [-0.4, -0.2) is 75.1 Å². The first-order valence-corrected chi connectivity index (χ1v) is 10.7. The largest absolute Gasteiger partial charge is 0.337 e. The van der Waals surface area contributed by atoms with Crippen LogP contribution in [0.15, 0.2) is 18.2 Å². The normalized spacial score (nSPS) is 21.3. The number of halogens is 1. The quantitative estimate of drug-likeness (QED) is 0.757. The average molecular weight is 398 g/mol. The summed E-state index contributed by atoms with van der Waals surface area (Å²) in [6.07, 6.45) is 2.49. The Hall–Kier alpha value is -2.20. The van der Waals surface area contributed by atoms with Gasteiger partial charge in [0, 0.05) is 32.2 Å². The number of amides is 2. The van der Waals surface area contributed by atoms with Crippen molar-refractivity contribution >= 4 is 27.5 Å². The molecule has 2 aliphatic rings. The maximum atomic E-state index is 13.7. The van der Waals surface area contributed by atoms with Gasteiger partial charge in [0.15, 0.2) is 0 Å². The van der Waals surface area contributed by atoms with E-state index in [9.17, 15) is 22.4 Å². The standard InChI is InChI=1S/C17H23FN4O4S/c1-27(25,26)20-15-5-4-12(18)9-14(15)17(24)21-7-2-3-13(11-21)22-8-6-19-10-16(22)23/h4-5,9,13,19-20H,2-3,6-8,10-11H2,1H3. The van der Waals surface area contributed by atoms with E-state index in [4.69, 9.17) is 0 Å². The number of carbonyl (C=O) groups is 2. The van der Waals surface area contributed by atoms with E-state index < -0.39 is 21.7 Å². The number of hydrogen-bond acceptors (Lipinski definition) is 5. The molecule has 148 valence electrons. The second-order valence-electron chi connectivity index (χ2n) is 6.88. The molecule has 0 spiro atoms. The summed E-state index contributed by atoms with van der Waals surface area (Å²) in [4.78, 5) is 28.5. The molecule has 2 fully saturated rings. The molecule has 2 N–H and O–H groups in total. The Morgan fingerprint density at radius 1 is 1.33 bits per heavy atom. The molecular formula is C17H23FN4O4S. The first-order chi connectivity index (χ1) is 12.7. The van der Waals surface area contributed by atoms with Gasteiger partial charge in [-0.05, 0) is 31.0 Å². The Balaban J connectivity index is 1.81. The zero-order valence-electron chi connectivity index (χ0n) is 15.1. The van der Waals surface area contributed by atoms with Crippen LogP contribution in [0.25, 0.3) is 0 Å². The Morgan fingerprint density at radius 3 is 2.81 bits per heavy atom. The lowest BCUT2D eigenvalue weighted by molar-refractivity contribution is -0.135. The number of hydrogen-bond donors (Lipinski definition) is 2. The van der Waals surface area contributed by atoms with Crippen LogP contribution in [0.2, 0.25) is 0 Å². The predicted molar refractivity (Wildman–Crippen MR) is 98.4 cm³/mol. The number of sulfonamides is 1. The van der Waals surface area contributed by atoms with Crippen LogP contribution in [0.4, 0.5) is 10.1 Å². The molecule has 0 saturated carbocycles. The number of rotatable bonds is 4. The number of benzene rings is 1. The number of piperidine rings is 1. The molecule has 1 unspecified atom stereocenters. The molecule has 0 radical (unpaired) electrons.